The molecular weight excluding hydrogens is 161 g/mol. The SMILES string of the molecule is N#CCCOP([O-])([O-])=S. The van der Waals surface area contributed by atoms with Crippen LogP contribution in [0.5, 0.6) is 0 Å². The minimum atomic E-state index is -4.01. The fourth-order valence-electron chi connectivity index (χ4n) is 0.203. The molecule has 0 fully saturated rings. The summed E-state index contributed by atoms with van der Waals surface area (Å²) in [6, 6.07) is 1.71. The van der Waals surface area contributed by atoms with Gasteiger partial charge in [-0.2, -0.15) is 5.26 Å². The lowest BCUT2D eigenvalue weighted by Crippen LogP contribution is -2.16. The number of hydrogen-bond acceptors (Lipinski definition) is 5. The van der Waals surface area contributed by atoms with Crippen molar-refractivity contribution in [1.29, 1.82) is 5.26 Å². The highest BCUT2D eigenvalue weighted by molar-refractivity contribution is 8.05. The van der Waals surface area contributed by atoms with Gasteiger partial charge in [0.1, 0.15) is 0 Å². The molecule has 0 radical (unpaired) electrons. The van der Waals surface area contributed by atoms with Gasteiger partial charge in [-0.1, -0.05) is 6.72 Å². The van der Waals surface area contributed by atoms with E-state index in [2.05, 4.69) is 16.3 Å². The molecule has 0 aromatic carbocycles. The first-order chi connectivity index (χ1) is 4.06. The van der Waals surface area contributed by atoms with Crippen molar-refractivity contribution < 1.29 is 14.3 Å². The Kier molecular flexibility index (Phi) is 3.95. The van der Waals surface area contributed by atoms with E-state index in [0.29, 0.717) is 0 Å². The maximum absolute atomic E-state index is 10.0. The molecule has 0 rings (SSSR count). The van der Waals surface area contributed by atoms with E-state index in [1.165, 1.54) is 0 Å². The van der Waals surface area contributed by atoms with Crippen molar-refractivity contribution in [3.63, 3.8) is 0 Å². The van der Waals surface area contributed by atoms with Crippen LogP contribution in [-0.4, -0.2) is 6.61 Å². The van der Waals surface area contributed by atoms with Gasteiger partial charge in [-0.15, -0.1) is 11.8 Å². The van der Waals surface area contributed by atoms with E-state index in [1.807, 2.05) is 0 Å². The largest absolute Gasteiger partial charge is 0.812 e. The van der Waals surface area contributed by atoms with Gasteiger partial charge in [-0.25, -0.2) is 0 Å². The molecule has 52 valence electrons. The lowest BCUT2D eigenvalue weighted by atomic mass is 10.5. The van der Waals surface area contributed by atoms with Crippen molar-refractivity contribution >= 4 is 18.5 Å². The topological polar surface area (TPSA) is 79.1 Å². The van der Waals surface area contributed by atoms with E-state index in [0.717, 1.165) is 0 Å². The Hall–Kier alpha value is 0.0200. The molecule has 0 saturated heterocycles. The third-order valence-corrected chi connectivity index (χ3v) is 1.28. The van der Waals surface area contributed by atoms with Crippen LogP contribution in [-0.2, 0) is 16.3 Å². The Morgan fingerprint density at radius 2 is 2.22 bits per heavy atom. The highest BCUT2D eigenvalue weighted by atomic mass is 32.5. The van der Waals surface area contributed by atoms with E-state index in [-0.39, 0.29) is 13.0 Å². The lowest BCUT2D eigenvalue weighted by molar-refractivity contribution is -0.321. The van der Waals surface area contributed by atoms with Crippen LogP contribution < -0.4 is 9.79 Å². The standard InChI is InChI=1S/C3H6NO3PS/c4-2-1-3-7-8(5,6)9/h1,3H2,(H2,5,6,9)/p-2. The highest BCUT2D eigenvalue weighted by Gasteiger charge is 1.84. The van der Waals surface area contributed by atoms with E-state index in [9.17, 15) is 9.79 Å². The zero-order chi connectivity index (χ0) is 7.33. The summed E-state index contributed by atoms with van der Waals surface area (Å²) in [7, 11) is 0. The molecular formula is C3H4NO3PS-2. The molecule has 0 saturated carbocycles. The highest BCUT2D eigenvalue weighted by Crippen LogP contribution is 2.24. The van der Waals surface area contributed by atoms with Crippen LogP contribution in [0.25, 0.3) is 0 Å². The summed E-state index contributed by atoms with van der Waals surface area (Å²) in [5, 5.41) is 7.91. The summed E-state index contributed by atoms with van der Waals surface area (Å²) >= 11 is 3.87. The van der Waals surface area contributed by atoms with Crippen LogP contribution in [0.1, 0.15) is 6.42 Å². The van der Waals surface area contributed by atoms with Gasteiger partial charge in [0.15, 0.2) is 0 Å². The van der Waals surface area contributed by atoms with Crippen LogP contribution in [0.15, 0.2) is 0 Å². The van der Waals surface area contributed by atoms with E-state index >= 15 is 0 Å². The molecule has 0 bridgehead atoms. The zero-order valence-corrected chi connectivity index (χ0v) is 6.15. The first-order valence-electron chi connectivity index (χ1n) is 2.10. The average molecular weight is 165 g/mol. The van der Waals surface area contributed by atoms with Crippen LogP contribution >= 0.6 is 6.72 Å². The number of nitrogens with zero attached hydrogens (tertiary/aromatic N) is 1. The molecule has 0 N–H and O–H groups in total. The van der Waals surface area contributed by atoms with Gasteiger partial charge in [0.25, 0.3) is 0 Å². The molecule has 0 heterocycles. The Morgan fingerprint density at radius 3 is 2.56 bits per heavy atom. The summed E-state index contributed by atoms with van der Waals surface area (Å²) in [5.74, 6) is 0. The van der Waals surface area contributed by atoms with Crippen molar-refractivity contribution in [1.82, 2.24) is 0 Å². The zero-order valence-electron chi connectivity index (χ0n) is 4.44. The second-order valence-corrected chi connectivity index (χ2v) is 3.68. The summed E-state index contributed by atoms with van der Waals surface area (Å²) < 4.78 is 4.06. The minimum absolute atomic E-state index is 0.0445. The van der Waals surface area contributed by atoms with Crippen molar-refractivity contribution in [2.45, 2.75) is 6.42 Å². The predicted octanol–water partition coefficient (Wildman–Crippen LogP) is -1.14. The first-order valence-corrected chi connectivity index (χ1v) is 4.65. The van der Waals surface area contributed by atoms with Crippen LogP contribution in [0.4, 0.5) is 0 Å². The van der Waals surface area contributed by atoms with E-state index in [4.69, 9.17) is 5.26 Å². The van der Waals surface area contributed by atoms with E-state index in [1.54, 1.807) is 6.07 Å². The van der Waals surface area contributed by atoms with Gasteiger partial charge in [-0.3, -0.25) is 0 Å². The molecule has 0 spiro atoms. The van der Waals surface area contributed by atoms with Crippen molar-refractivity contribution in [2.75, 3.05) is 6.61 Å². The minimum Gasteiger partial charge on any atom is -0.812 e. The molecule has 0 aliphatic carbocycles. The molecule has 0 aromatic heterocycles. The summed E-state index contributed by atoms with van der Waals surface area (Å²) in [6.07, 6.45) is 0.0445. The second-order valence-electron chi connectivity index (χ2n) is 1.19. The molecule has 0 aliphatic heterocycles. The van der Waals surface area contributed by atoms with Crippen molar-refractivity contribution in [3.8, 4) is 6.07 Å². The van der Waals surface area contributed by atoms with Gasteiger partial charge in [0.2, 0.25) is 0 Å². The second kappa shape index (κ2) is 3.94. The van der Waals surface area contributed by atoms with Crippen LogP contribution in [0, 0.1) is 11.3 Å². The Labute approximate surface area is 57.9 Å². The third-order valence-electron chi connectivity index (χ3n) is 0.463. The van der Waals surface area contributed by atoms with Gasteiger partial charge in [0.05, 0.1) is 19.1 Å². The maximum atomic E-state index is 10.0. The number of nitriles is 1. The molecule has 0 amide bonds. The summed E-state index contributed by atoms with van der Waals surface area (Å²) in [6.45, 7) is -4.15. The van der Waals surface area contributed by atoms with Crippen molar-refractivity contribution in [3.05, 3.63) is 0 Å². The normalized spacial score (nSPS) is 10.8. The van der Waals surface area contributed by atoms with Gasteiger partial charge in [-0.05, 0) is 0 Å². The summed E-state index contributed by atoms with van der Waals surface area (Å²) in [4.78, 5) is 20.0. The van der Waals surface area contributed by atoms with Crippen molar-refractivity contribution in [2.24, 2.45) is 0 Å². The van der Waals surface area contributed by atoms with Crippen LogP contribution in [0.3, 0.4) is 0 Å². The van der Waals surface area contributed by atoms with Crippen LogP contribution in [0.2, 0.25) is 0 Å². The molecule has 0 unspecified atom stereocenters. The van der Waals surface area contributed by atoms with Gasteiger partial charge < -0.3 is 14.3 Å². The lowest BCUT2D eigenvalue weighted by Gasteiger charge is -2.33. The number of rotatable bonds is 3. The predicted molar refractivity (Wildman–Crippen MR) is 30.5 cm³/mol. The molecule has 0 atom stereocenters. The molecule has 4 nitrogen and oxygen atoms in total. The average Bonchev–Trinajstić information content (AvgIpc) is 1.63. The molecule has 0 aromatic rings. The van der Waals surface area contributed by atoms with Gasteiger partial charge >= 0.3 is 0 Å². The monoisotopic (exact) mass is 165 g/mol. The third kappa shape index (κ3) is 8.02. The fraction of sp³-hybridized carbons (Fsp3) is 0.667. The number of hydrogen-bond donors (Lipinski definition) is 0. The molecule has 9 heavy (non-hydrogen) atoms. The maximum Gasteiger partial charge on any atom is 0.0646 e. The van der Waals surface area contributed by atoms with Gasteiger partial charge in [0, 0.05) is 0 Å². The van der Waals surface area contributed by atoms with E-state index < -0.39 is 6.72 Å². The Bertz CT molecular complexity index is 159. The Balaban J connectivity index is 3.32. The smallest absolute Gasteiger partial charge is 0.0646 e. The fourth-order valence-corrected chi connectivity index (χ4v) is 0.742. The Morgan fingerprint density at radius 1 is 1.67 bits per heavy atom. The quantitative estimate of drug-likeness (QED) is 0.390. The molecule has 6 heteroatoms. The molecule has 0 aliphatic rings. The first kappa shape index (κ1) is 9.02. The summed E-state index contributed by atoms with van der Waals surface area (Å²) in [5.41, 5.74) is 0.